The molecule has 0 spiro atoms. The highest BCUT2D eigenvalue weighted by atomic mass is 32.1. The summed E-state index contributed by atoms with van der Waals surface area (Å²) < 4.78 is 0. The van der Waals surface area contributed by atoms with Crippen molar-refractivity contribution in [2.24, 2.45) is 5.73 Å². The second-order valence-corrected chi connectivity index (χ2v) is 4.31. The molecule has 1 rings (SSSR count). The molecule has 0 aliphatic heterocycles. The Morgan fingerprint density at radius 2 is 2.47 bits per heavy atom. The highest BCUT2D eigenvalue weighted by Gasteiger charge is 2.15. The molecule has 0 saturated heterocycles. The zero-order chi connectivity index (χ0) is 11.3. The molecule has 2 atom stereocenters. The number of rotatable bonds is 6. The summed E-state index contributed by atoms with van der Waals surface area (Å²) in [7, 11) is 0. The van der Waals surface area contributed by atoms with E-state index in [2.05, 4.69) is 12.2 Å². The topological polar surface area (TPSA) is 75.3 Å². The number of nitrogens with one attached hydrogen (secondary N) is 1. The minimum Gasteiger partial charge on any atom is -0.480 e. The molecule has 2 unspecified atom stereocenters. The summed E-state index contributed by atoms with van der Waals surface area (Å²) in [5.74, 6) is -0.969. The third-order valence-electron chi connectivity index (χ3n) is 2.20. The number of carboxylic acids is 1. The van der Waals surface area contributed by atoms with E-state index in [4.69, 9.17) is 10.8 Å². The van der Waals surface area contributed by atoms with Crippen LogP contribution in [0.25, 0.3) is 0 Å². The molecule has 0 amide bonds. The Morgan fingerprint density at radius 3 is 2.93 bits per heavy atom. The largest absolute Gasteiger partial charge is 0.480 e. The van der Waals surface area contributed by atoms with Crippen LogP contribution in [0.3, 0.4) is 0 Å². The zero-order valence-electron chi connectivity index (χ0n) is 8.64. The predicted molar refractivity (Wildman–Crippen MR) is 61.0 cm³/mol. The molecule has 0 bridgehead atoms. The zero-order valence-corrected chi connectivity index (χ0v) is 9.46. The van der Waals surface area contributed by atoms with Crippen LogP contribution < -0.4 is 11.1 Å². The van der Waals surface area contributed by atoms with E-state index in [0.717, 1.165) is 6.42 Å². The SMILES string of the molecule is CCC(NCC(N)C(=O)O)c1cccs1. The number of aliphatic carboxylic acids is 1. The summed E-state index contributed by atoms with van der Waals surface area (Å²) in [5.41, 5.74) is 5.41. The van der Waals surface area contributed by atoms with Crippen LogP contribution >= 0.6 is 11.3 Å². The van der Waals surface area contributed by atoms with Crippen molar-refractivity contribution >= 4 is 17.3 Å². The second kappa shape index (κ2) is 5.85. The third kappa shape index (κ3) is 3.62. The maximum absolute atomic E-state index is 10.5. The lowest BCUT2D eigenvalue weighted by atomic mass is 10.2. The van der Waals surface area contributed by atoms with Crippen molar-refractivity contribution in [3.8, 4) is 0 Å². The standard InChI is InChI=1S/C10H16N2O2S/c1-2-8(9-4-3-5-15-9)12-6-7(11)10(13)14/h3-5,7-8,12H,2,6,11H2,1H3,(H,13,14). The van der Waals surface area contributed by atoms with Gasteiger partial charge in [0.2, 0.25) is 0 Å². The quantitative estimate of drug-likeness (QED) is 0.684. The molecular weight excluding hydrogens is 212 g/mol. The van der Waals surface area contributed by atoms with Gasteiger partial charge in [0.1, 0.15) is 6.04 Å². The van der Waals surface area contributed by atoms with Gasteiger partial charge >= 0.3 is 5.97 Å². The van der Waals surface area contributed by atoms with Gasteiger partial charge in [-0.15, -0.1) is 11.3 Å². The van der Waals surface area contributed by atoms with Crippen molar-refractivity contribution in [1.82, 2.24) is 5.32 Å². The van der Waals surface area contributed by atoms with Crippen LogP contribution in [0.1, 0.15) is 24.3 Å². The maximum Gasteiger partial charge on any atom is 0.321 e. The predicted octanol–water partition coefficient (Wildman–Crippen LogP) is 1.20. The van der Waals surface area contributed by atoms with Crippen LogP contribution in [0, 0.1) is 0 Å². The van der Waals surface area contributed by atoms with Crippen molar-refractivity contribution in [2.75, 3.05) is 6.54 Å². The summed E-state index contributed by atoms with van der Waals surface area (Å²) in [6.07, 6.45) is 0.923. The lowest BCUT2D eigenvalue weighted by Gasteiger charge is -2.16. The van der Waals surface area contributed by atoms with Crippen LogP contribution in [-0.4, -0.2) is 23.7 Å². The normalized spacial score (nSPS) is 14.8. The van der Waals surface area contributed by atoms with Gasteiger partial charge in [0.05, 0.1) is 0 Å². The molecule has 4 nitrogen and oxygen atoms in total. The van der Waals surface area contributed by atoms with E-state index in [1.54, 1.807) is 11.3 Å². The molecule has 4 N–H and O–H groups in total. The van der Waals surface area contributed by atoms with Gasteiger partial charge in [0.15, 0.2) is 0 Å². The molecule has 0 fully saturated rings. The average molecular weight is 228 g/mol. The number of hydrogen-bond donors (Lipinski definition) is 3. The lowest BCUT2D eigenvalue weighted by molar-refractivity contribution is -0.138. The monoisotopic (exact) mass is 228 g/mol. The van der Waals surface area contributed by atoms with Crippen molar-refractivity contribution in [3.63, 3.8) is 0 Å². The minimum absolute atomic E-state index is 0.204. The Morgan fingerprint density at radius 1 is 1.73 bits per heavy atom. The van der Waals surface area contributed by atoms with Gasteiger partial charge in [-0.3, -0.25) is 4.79 Å². The molecule has 0 aliphatic carbocycles. The van der Waals surface area contributed by atoms with E-state index in [1.807, 2.05) is 17.5 Å². The fourth-order valence-corrected chi connectivity index (χ4v) is 2.18. The van der Waals surface area contributed by atoms with Gasteiger partial charge in [-0.1, -0.05) is 13.0 Å². The van der Waals surface area contributed by atoms with Gasteiger partial charge in [-0.05, 0) is 17.9 Å². The summed E-state index contributed by atoms with van der Waals surface area (Å²) in [4.78, 5) is 11.7. The van der Waals surface area contributed by atoms with Crippen molar-refractivity contribution in [3.05, 3.63) is 22.4 Å². The Balaban J connectivity index is 2.45. The summed E-state index contributed by atoms with van der Waals surface area (Å²) in [6.45, 7) is 2.36. The van der Waals surface area contributed by atoms with Crippen LogP contribution in [0.4, 0.5) is 0 Å². The van der Waals surface area contributed by atoms with E-state index in [0.29, 0.717) is 6.54 Å². The van der Waals surface area contributed by atoms with E-state index < -0.39 is 12.0 Å². The Labute approximate surface area is 93.1 Å². The minimum atomic E-state index is -0.969. The van der Waals surface area contributed by atoms with Crippen molar-refractivity contribution in [2.45, 2.75) is 25.4 Å². The van der Waals surface area contributed by atoms with Gasteiger partial charge in [-0.25, -0.2) is 0 Å². The van der Waals surface area contributed by atoms with Gasteiger partial charge in [-0.2, -0.15) is 0 Å². The number of hydrogen-bond acceptors (Lipinski definition) is 4. The number of carbonyl (C=O) groups is 1. The van der Waals surface area contributed by atoms with Crippen LogP contribution in [0.15, 0.2) is 17.5 Å². The molecule has 1 aromatic rings. The number of nitrogens with two attached hydrogens (primary N) is 1. The Hall–Kier alpha value is -0.910. The first-order valence-electron chi connectivity index (χ1n) is 4.90. The average Bonchev–Trinajstić information content (AvgIpc) is 2.71. The van der Waals surface area contributed by atoms with E-state index in [-0.39, 0.29) is 6.04 Å². The Bertz CT molecular complexity index is 300. The number of thiophene rings is 1. The molecule has 0 aromatic carbocycles. The Kier molecular flexibility index (Phi) is 4.74. The van der Waals surface area contributed by atoms with E-state index in [9.17, 15) is 4.79 Å². The van der Waals surface area contributed by atoms with Crippen molar-refractivity contribution < 1.29 is 9.90 Å². The first kappa shape index (κ1) is 12.2. The number of carboxylic acid groups (broad SMARTS) is 1. The van der Waals surface area contributed by atoms with E-state index >= 15 is 0 Å². The summed E-state index contributed by atoms with van der Waals surface area (Å²) in [6, 6.07) is 3.40. The third-order valence-corrected chi connectivity index (χ3v) is 3.18. The molecular formula is C10H16N2O2S. The first-order chi connectivity index (χ1) is 7.15. The molecule has 5 heteroatoms. The fourth-order valence-electron chi connectivity index (χ4n) is 1.29. The van der Waals surface area contributed by atoms with Crippen LogP contribution in [0.2, 0.25) is 0 Å². The van der Waals surface area contributed by atoms with Crippen LogP contribution in [0.5, 0.6) is 0 Å². The molecule has 15 heavy (non-hydrogen) atoms. The van der Waals surface area contributed by atoms with Gasteiger partial charge in [0, 0.05) is 17.5 Å². The van der Waals surface area contributed by atoms with E-state index in [1.165, 1.54) is 4.88 Å². The molecule has 1 aromatic heterocycles. The molecule has 1 heterocycles. The highest BCUT2D eigenvalue weighted by Crippen LogP contribution is 2.21. The highest BCUT2D eigenvalue weighted by molar-refractivity contribution is 7.10. The molecule has 0 saturated carbocycles. The lowest BCUT2D eigenvalue weighted by Crippen LogP contribution is -2.41. The van der Waals surface area contributed by atoms with Crippen LogP contribution in [-0.2, 0) is 4.79 Å². The summed E-state index contributed by atoms with van der Waals surface area (Å²) >= 11 is 1.66. The first-order valence-corrected chi connectivity index (χ1v) is 5.78. The van der Waals surface area contributed by atoms with Gasteiger partial charge < -0.3 is 16.2 Å². The molecule has 0 radical (unpaired) electrons. The molecule has 0 aliphatic rings. The fraction of sp³-hybridized carbons (Fsp3) is 0.500. The second-order valence-electron chi connectivity index (χ2n) is 3.33. The van der Waals surface area contributed by atoms with Crippen molar-refractivity contribution in [1.29, 1.82) is 0 Å². The summed E-state index contributed by atoms with van der Waals surface area (Å²) in [5, 5.41) is 13.8. The maximum atomic E-state index is 10.5. The molecule has 84 valence electrons. The smallest absolute Gasteiger partial charge is 0.321 e. The van der Waals surface area contributed by atoms with Gasteiger partial charge in [0.25, 0.3) is 0 Å².